The van der Waals surface area contributed by atoms with Crippen LogP contribution in [0.15, 0.2) is 24.5 Å². The molecular formula is C11H14N4O2. The van der Waals surface area contributed by atoms with E-state index in [9.17, 15) is 0 Å². The fraction of sp³-hybridized carbons (Fsp3) is 0.273. The van der Waals surface area contributed by atoms with Crippen LogP contribution in [0.25, 0.3) is 0 Å². The Morgan fingerprint density at radius 3 is 2.71 bits per heavy atom. The molecule has 0 spiro atoms. The Kier molecular flexibility index (Phi) is 3.24. The highest BCUT2D eigenvalue weighted by Crippen LogP contribution is 2.30. The predicted molar refractivity (Wildman–Crippen MR) is 62.0 cm³/mol. The third-order valence-corrected chi connectivity index (χ3v) is 2.50. The maximum Gasteiger partial charge on any atom is 0.145 e. The summed E-state index contributed by atoms with van der Waals surface area (Å²) in [5, 5.41) is 6.52. The summed E-state index contributed by atoms with van der Waals surface area (Å²) >= 11 is 0. The molecule has 0 saturated heterocycles. The number of aromatic amines is 1. The molecule has 0 aliphatic rings. The van der Waals surface area contributed by atoms with Gasteiger partial charge in [0, 0.05) is 11.6 Å². The van der Waals surface area contributed by atoms with Crippen molar-refractivity contribution in [1.29, 1.82) is 0 Å². The van der Waals surface area contributed by atoms with Crippen molar-refractivity contribution in [3.05, 3.63) is 35.9 Å². The van der Waals surface area contributed by atoms with Gasteiger partial charge in [-0.2, -0.15) is 5.10 Å². The lowest BCUT2D eigenvalue weighted by molar-refractivity contribution is 0.389. The van der Waals surface area contributed by atoms with E-state index in [4.69, 9.17) is 15.2 Å². The number of hydrogen-bond acceptors (Lipinski definition) is 5. The quantitative estimate of drug-likeness (QED) is 0.819. The van der Waals surface area contributed by atoms with E-state index >= 15 is 0 Å². The van der Waals surface area contributed by atoms with Gasteiger partial charge in [0.2, 0.25) is 0 Å². The molecule has 1 heterocycles. The third-order valence-electron chi connectivity index (χ3n) is 2.50. The number of rotatable bonds is 4. The number of nitrogens with two attached hydrogens (primary N) is 1. The van der Waals surface area contributed by atoms with Gasteiger partial charge >= 0.3 is 0 Å². The Balaban J connectivity index is 2.38. The van der Waals surface area contributed by atoms with Crippen LogP contribution in [-0.4, -0.2) is 29.4 Å². The van der Waals surface area contributed by atoms with Crippen molar-refractivity contribution in [3.8, 4) is 11.5 Å². The lowest BCUT2D eigenvalue weighted by Gasteiger charge is -2.14. The smallest absolute Gasteiger partial charge is 0.145 e. The number of methoxy groups -OCH3 is 2. The van der Waals surface area contributed by atoms with E-state index in [1.807, 2.05) is 12.1 Å². The van der Waals surface area contributed by atoms with Crippen LogP contribution < -0.4 is 15.2 Å². The summed E-state index contributed by atoms with van der Waals surface area (Å²) in [4.78, 5) is 4.03. The molecule has 90 valence electrons. The van der Waals surface area contributed by atoms with Crippen molar-refractivity contribution >= 4 is 0 Å². The molecule has 3 N–H and O–H groups in total. The molecule has 0 saturated carbocycles. The van der Waals surface area contributed by atoms with Crippen molar-refractivity contribution in [3.63, 3.8) is 0 Å². The van der Waals surface area contributed by atoms with E-state index in [0.29, 0.717) is 11.6 Å². The Labute approximate surface area is 98.8 Å². The monoisotopic (exact) mass is 234 g/mol. The standard InChI is InChI=1S/C11H14N4O2/c1-16-7-3-4-8(9(5-7)17-2)10(12)11-13-6-14-15-11/h3-6,10H,12H2,1-2H3,(H,13,14,15). The number of ether oxygens (including phenoxy) is 2. The number of hydrogen-bond donors (Lipinski definition) is 2. The molecule has 0 radical (unpaired) electrons. The summed E-state index contributed by atoms with van der Waals surface area (Å²) in [6.45, 7) is 0. The summed E-state index contributed by atoms with van der Waals surface area (Å²) < 4.78 is 10.4. The zero-order valence-electron chi connectivity index (χ0n) is 9.68. The highest BCUT2D eigenvalue weighted by atomic mass is 16.5. The summed E-state index contributed by atoms with van der Waals surface area (Å²) in [7, 11) is 3.19. The average Bonchev–Trinajstić information content (AvgIpc) is 2.91. The summed E-state index contributed by atoms with van der Waals surface area (Å²) in [5.41, 5.74) is 6.90. The molecule has 17 heavy (non-hydrogen) atoms. The van der Waals surface area contributed by atoms with Crippen LogP contribution in [0.4, 0.5) is 0 Å². The van der Waals surface area contributed by atoms with Crippen molar-refractivity contribution in [2.45, 2.75) is 6.04 Å². The Morgan fingerprint density at radius 1 is 1.29 bits per heavy atom. The molecule has 2 aromatic rings. The second-order valence-corrected chi connectivity index (χ2v) is 3.46. The van der Waals surface area contributed by atoms with Gasteiger partial charge in [0.05, 0.1) is 20.3 Å². The SMILES string of the molecule is COc1ccc(C(N)c2ncn[nH]2)c(OC)c1. The average molecular weight is 234 g/mol. The highest BCUT2D eigenvalue weighted by molar-refractivity contribution is 5.44. The minimum atomic E-state index is -0.404. The van der Waals surface area contributed by atoms with Gasteiger partial charge in [0.1, 0.15) is 23.7 Å². The zero-order valence-corrected chi connectivity index (χ0v) is 9.68. The second kappa shape index (κ2) is 4.84. The van der Waals surface area contributed by atoms with E-state index in [1.54, 1.807) is 20.3 Å². The van der Waals surface area contributed by atoms with Crippen molar-refractivity contribution in [2.24, 2.45) is 5.73 Å². The normalized spacial score (nSPS) is 12.2. The van der Waals surface area contributed by atoms with Crippen LogP contribution in [0.5, 0.6) is 11.5 Å². The first kappa shape index (κ1) is 11.4. The lowest BCUT2D eigenvalue weighted by atomic mass is 10.1. The van der Waals surface area contributed by atoms with Gasteiger partial charge < -0.3 is 15.2 Å². The minimum Gasteiger partial charge on any atom is -0.497 e. The van der Waals surface area contributed by atoms with E-state index in [-0.39, 0.29) is 0 Å². The van der Waals surface area contributed by atoms with E-state index < -0.39 is 6.04 Å². The number of nitrogens with zero attached hydrogens (tertiary/aromatic N) is 2. The first-order valence-corrected chi connectivity index (χ1v) is 5.09. The zero-order chi connectivity index (χ0) is 12.3. The van der Waals surface area contributed by atoms with Crippen molar-refractivity contribution in [2.75, 3.05) is 14.2 Å². The van der Waals surface area contributed by atoms with Crippen LogP contribution >= 0.6 is 0 Å². The Hall–Kier alpha value is -2.08. The van der Waals surface area contributed by atoms with Gasteiger partial charge in [-0.15, -0.1) is 0 Å². The van der Waals surface area contributed by atoms with Gasteiger partial charge in [-0.3, -0.25) is 5.10 Å². The van der Waals surface area contributed by atoms with E-state index in [2.05, 4.69) is 15.2 Å². The molecule has 0 aliphatic carbocycles. The molecule has 2 rings (SSSR count). The molecule has 0 fully saturated rings. The summed E-state index contributed by atoms with van der Waals surface area (Å²) in [6, 6.07) is 5.06. The molecule has 1 unspecified atom stereocenters. The third kappa shape index (κ3) is 2.21. The number of H-pyrrole nitrogens is 1. The van der Waals surface area contributed by atoms with E-state index in [1.165, 1.54) is 6.33 Å². The second-order valence-electron chi connectivity index (χ2n) is 3.46. The maximum atomic E-state index is 6.07. The van der Waals surface area contributed by atoms with Gasteiger partial charge in [0.25, 0.3) is 0 Å². The van der Waals surface area contributed by atoms with Gasteiger partial charge in [0.15, 0.2) is 0 Å². The van der Waals surface area contributed by atoms with Gasteiger partial charge in [-0.1, -0.05) is 0 Å². The summed E-state index contributed by atoms with van der Waals surface area (Å²) in [6.07, 6.45) is 1.42. The lowest BCUT2D eigenvalue weighted by Crippen LogP contribution is -2.14. The van der Waals surface area contributed by atoms with Crippen LogP contribution in [0.1, 0.15) is 17.4 Å². The first-order chi connectivity index (χ1) is 8.26. The van der Waals surface area contributed by atoms with E-state index in [0.717, 1.165) is 11.3 Å². The number of nitrogens with one attached hydrogen (secondary N) is 1. The Morgan fingerprint density at radius 2 is 2.12 bits per heavy atom. The molecule has 1 aromatic carbocycles. The van der Waals surface area contributed by atoms with Crippen LogP contribution in [0.3, 0.4) is 0 Å². The Bertz CT molecular complexity index is 484. The molecule has 6 nitrogen and oxygen atoms in total. The fourth-order valence-corrected chi connectivity index (χ4v) is 1.59. The maximum absolute atomic E-state index is 6.07. The van der Waals surface area contributed by atoms with Crippen molar-refractivity contribution in [1.82, 2.24) is 15.2 Å². The number of aromatic nitrogens is 3. The fourth-order valence-electron chi connectivity index (χ4n) is 1.59. The molecule has 6 heteroatoms. The van der Waals surface area contributed by atoms with Crippen LogP contribution in [0.2, 0.25) is 0 Å². The molecule has 0 aliphatic heterocycles. The molecule has 0 bridgehead atoms. The van der Waals surface area contributed by atoms with Gasteiger partial charge in [-0.25, -0.2) is 4.98 Å². The molecular weight excluding hydrogens is 220 g/mol. The van der Waals surface area contributed by atoms with Gasteiger partial charge in [-0.05, 0) is 12.1 Å². The van der Waals surface area contributed by atoms with Crippen molar-refractivity contribution < 1.29 is 9.47 Å². The first-order valence-electron chi connectivity index (χ1n) is 5.09. The molecule has 1 aromatic heterocycles. The van der Waals surface area contributed by atoms with Crippen LogP contribution in [0, 0.1) is 0 Å². The molecule has 1 atom stereocenters. The number of benzene rings is 1. The highest BCUT2D eigenvalue weighted by Gasteiger charge is 2.16. The predicted octanol–water partition coefficient (Wildman–Crippen LogP) is 0.870. The minimum absolute atomic E-state index is 0.404. The summed E-state index contributed by atoms with van der Waals surface area (Å²) in [5.74, 6) is 1.97. The molecule has 0 amide bonds. The topological polar surface area (TPSA) is 86.0 Å². The van der Waals surface area contributed by atoms with Crippen LogP contribution in [-0.2, 0) is 0 Å². The largest absolute Gasteiger partial charge is 0.497 e.